The van der Waals surface area contributed by atoms with E-state index in [2.05, 4.69) is 17.9 Å². The summed E-state index contributed by atoms with van der Waals surface area (Å²) in [5.41, 5.74) is 2.87. The maximum atomic E-state index is 13.5. The van der Waals surface area contributed by atoms with E-state index in [1.165, 1.54) is 29.0 Å². The van der Waals surface area contributed by atoms with Gasteiger partial charge < -0.3 is 4.90 Å². The number of fused-ring (bicyclic) bond motifs is 2. The number of para-hydroxylation sites is 1. The Bertz CT molecular complexity index is 934. The third-order valence-corrected chi connectivity index (χ3v) is 5.13. The average Bonchev–Trinajstić information content (AvgIpc) is 2.84. The molecule has 22 heavy (non-hydrogen) atoms. The van der Waals surface area contributed by atoms with Crippen molar-refractivity contribution in [1.29, 1.82) is 0 Å². The first-order chi connectivity index (χ1) is 10.6. The molecule has 0 N–H and O–H groups in total. The molecule has 2 heterocycles. The van der Waals surface area contributed by atoms with Gasteiger partial charge in [-0.2, -0.15) is 0 Å². The molecular weight excluding hydrogens is 297 g/mol. The van der Waals surface area contributed by atoms with Crippen molar-refractivity contribution in [2.24, 2.45) is 0 Å². The molecule has 4 rings (SSSR count). The standard InChI is InChI=1S/C18H14FNOS/c1-11-8-12-4-2-3-5-15(12)20(11)16-10-22-17-7-6-13(19)9-14(17)18(16)21/h2-7,9-11H,8H2,1H3/t11-/m1/s1. The van der Waals surface area contributed by atoms with Crippen molar-refractivity contribution in [3.8, 4) is 0 Å². The predicted octanol–water partition coefficient (Wildman–Crippen LogP) is 4.48. The van der Waals surface area contributed by atoms with Gasteiger partial charge in [0.05, 0.1) is 0 Å². The number of halogens is 1. The molecular formula is C18H14FNOS. The quantitative estimate of drug-likeness (QED) is 0.660. The molecule has 0 fully saturated rings. The number of hydrogen-bond acceptors (Lipinski definition) is 3. The molecule has 2 aromatic carbocycles. The lowest BCUT2D eigenvalue weighted by Crippen LogP contribution is -2.28. The summed E-state index contributed by atoms with van der Waals surface area (Å²) in [4.78, 5) is 14.9. The van der Waals surface area contributed by atoms with Gasteiger partial charge in [0, 0.05) is 27.2 Å². The predicted molar refractivity (Wildman–Crippen MR) is 89.8 cm³/mol. The van der Waals surface area contributed by atoms with Crippen LogP contribution in [0.5, 0.6) is 0 Å². The third kappa shape index (κ3) is 1.95. The van der Waals surface area contributed by atoms with Crippen LogP contribution in [-0.2, 0) is 6.42 Å². The molecule has 1 aliphatic rings. The van der Waals surface area contributed by atoms with Crippen LogP contribution in [-0.4, -0.2) is 6.04 Å². The van der Waals surface area contributed by atoms with E-state index in [9.17, 15) is 9.18 Å². The summed E-state index contributed by atoms with van der Waals surface area (Å²) in [7, 11) is 0. The van der Waals surface area contributed by atoms with Crippen molar-refractivity contribution in [1.82, 2.24) is 0 Å². The number of benzene rings is 2. The maximum Gasteiger partial charge on any atom is 0.211 e. The van der Waals surface area contributed by atoms with Crippen LogP contribution < -0.4 is 10.3 Å². The normalized spacial score (nSPS) is 17.0. The van der Waals surface area contributed by atoms with Crippen molar-refractivity contribution < 1.29 is 4.39 Å². The van der Waals surface area contributed by atoms with E-state index in [4.69, 9.17) is 0 Å². The van der Waals surface area contributed by atoms with E-state index in [1.54, 1.807) is 6.07 Å². The summed E-state index contributed by atoms with van der Waals surface area (Å²) >= 11 is 1.48. The monoisotopic (exact) mass is 311 g/mol. The second-order valence-corrected chi connectivity index (χ2v) is 6.55. The SMILES string of the molecule is C[C@@H]1Cc2ccccc2N1c1csc2ccc(F)cc2c1=O. The minimum Gasteiger partial charge on any atom is -0.334 e. The highest BCUT2D eigenvalue weighted by atomic mass is 32.1. The Morgan fingerprint density at radius 1 is 1.18 bits per heavy atom. The molecule has 0 saturated carbocycles. The lowest BCUT2D eigenvalue weighted by atomic mass is 10.1. The van der Waals surface area contributed by atoms with E-state index in [0.717, 1.165) is 16.8 Å². The van der Waals surface area contributed by atoms with Crippen LogP contribution in [0.1, 0.15) is 12.5 Å². The molecule has 0 radical (unpaired) electrons. The smallest absolute Gasteiger partial charge is 0.211 e. The van der Waals surface area contributed by atoms with Crippen molar-refractivity contribution in [2.45, 2.75) is 19.4 Å². The van der Waals surface area contributed by atoms with Crippen molar-refractivity contribution >= 4 is 32.8 Å². The largest absolute Gasteiger partial charge is 0.334 e. The highest BCUT2D eigenvalue weighted by Crippen LogP contribution is 2.37. The first-order valence-electron chi connectivity index (χ1n) is 7.23. The molecule has 0 unspecified atom stereocenters. The molecule has 0 bridgehead atoms. The van der Waals surface area contributed by atoms with Crippen molar-refractivity contribution in [3.63, 3.8) is 0 Å². The van der Waals surface area contributed by atoms with Crippen LogP contribution in [0.2, 0.25) is 0 Å². The van der Waals surface area contributed by atoms with Gasteiger partial charge in [-0.3, -0.25) is 4.79 Å². The summed E-state index contributed by atoms with van der Waals surface area (Å²) < 4.78 is 14.3. The molecule has 110 valence electrons. The maximum absolute atomic E-state index is 13.5. The van der Waals surface area contributed by atoms with Gasteiger partial charge >= 0.3 is 0 Å². The van der Waals surface area contributed by atoms with Gasteiger partial charge in [0.25, 0.3) is 0 Å². The van der Waals surface area contributed by atoms with Crippen molar-refractivity contribution in [2.75, 3.05) is 4.90 Å². The number of hydrogen-bond donors (Lipinski definition) is 0. The Balaban J connectivity index is 1.95. The second-order valence-electron chi connectivity index (χ2n) is 5.64. The lowest BCUT2D eigenvalue weighted by Gasteiger charge is -2.24. The fourth-order valence-corrected chi connectivity index (χ4v) is 4.08. The molecule has 4 heteroatoms. The topological polar surface area (TPSA) is 20.3 Å². The summed E-state index contributed by atoms with van der Waals surface area (Å²) in [6.07, 6.45) is 0.918. The Kier molecular flexibility index (Phi) is 3.01. The lowest BCUT2D eigenvalue weighted by molar-refractivity contribution is 0.630. The number of anilines is 2. The minimum atomic E-state index is -0.371. The number of nitrogens with zero attached hydrogens (tertiary/aromatic N) is 1. The Labute approximate surface area is 131 Å². The summed E-state index contributed by atoms with van der Waals surface area (Å²) in [5, 5.41) is 2.35. The van der Waals surface area contributed by atoms with E-state index in [-0.39, 0.29) is 17.3 Å². The van der Waals surface area contributed by atoms with E-state index < -0.39 is 0 Å². The molecule has 0 amide bonds. The summed E-state index contributed by atoms with van der Waals surface area (Å²) in [5.74, 6) is -0.371. The molecule has 0 spiro atoms. The van der Waals surface area contributed by atoms with Crippen molar-refractivity contribution in [3.05, 3.63) is 69.4 Å². The molecule has 1 aromatic heterocycles. The first-order valence-corrected chi connectivity index (χ1v) is 8.11. The zero-order valence-electron chi connectivity index (χ0n) is 12.0. The number of rotatable bonds is 1. The molecule has 2 nitrogen and oxygen atoms in total. The Hall–Kier alpha value is -2.20. The molecule has 0 saturated heterocycles. The van der Waals surface area contributed by atoms with Gasteiger partial charge in [-0.05, 0) is 43.2 Å². The fraction of sp³-hybridized carbons (Fsp3) is 0.167. The zero-order valence-corrected chi connectivity index (χ0v) is 12.9. The molecule has 1 aliphatic heterocycles. The fourth-order valence-electron chi connectivity index (χ4n) is 3.19. The van der Waals surface area contributed by atoms with Crippen LogP contribution in [0.4, 0.5) is 15.8 Å². The highest BCUT2D eigenvalue weighted by molar-refractivity contribution is 7.16. The second kappa shape index (κ2) is 4.92. The first kappa shape index (κ1) is 13.5. The minimum absolute atomic E-state index is 0.100. The van der Waals surface area contributed by atoms with Crippen LogP contribution in [0.15, 0.2) is 52.6 Å². The van der Waals surface area contributed by atoms with E-state index >= 15 is 0 Å². The van der Waals surface area contributed by atoms with Crippen LogP contribution in [0.3, 0.4) is 0 Å². The van der Waals surface area contributed by atoms with Gasteiger partial charge in [0.1, 0.15) is 11.5 Å². The molecule has 3 aromatic rings. The highest BCUT2D eigenvalue weighted by Gasteiger charge is 2.28. The van der Waals surface area contributed by atoms with E-state index in [0.29, 0.717) is 11.1 Å². The molecule has 0 aliphatic carbocycles. The molecule has 1 atom stereocenters. The van der Waals surface area contributed by atoms with Crippen LogP contribution in [0.25, 0.3) is 10.1 Å². The van der Waals surface area contributed by atoms with Gasteiger partial charge in [0.2, 0.25) is 5.43 Å². The van der Waals surface area contributed by atoms with Gasteiger partial charge in [0.15, 0.2) is 0 Å². The average molecular weight is 311 g/mol. The zero-order chi connectivity index (χ0) is 15.3. The van der Waals surface area contributed by atoms with Crippen LogP contribution in [0, 0.1) is 5.82 Å². The van der Waals surface area contributed by atoms with Gasteiger partial charge in [-0.15, -0.1) is 11.3 Å². The summed E-state index contributed by atoms with van der Waals surface area (Å²) in [6.45, 7) is 2.11. The van der Waals surface area contributed by atoms with Gasteiger partial charge in [-0.1, -0.05) is 18.2 Å². The Morgan fingerprint density at radius 3 is 2.86 bits per heavy atom. The summed E-state index contributed by atoms with van der Waals surface area (Å²) in [6, 6.07) is 12.8. The Morgan fingerprint density at radius 2 is 2.00 bits per heavy atom. The van der Waals surface area contributed by atoms with Crippen LogP contribution >= 0.6 is 11.3 Å². The van der Waals surface area contributed by atoms with E-state index in [1.807, 2.05) is 23.6 Å². The van der Waals surface area contributed by atoms with Gasteiger partial charge in [-0.25, -0.2) is 4.39 Å². The third-order valence-electron chi connectivity index (χ3n) is 4.18.